The Bertz CT molecular complexity index is 601. The maximum Gasteiger partial charge on any atom is 0.293 e. The molecule has 0 heterocycles. The fourth-order valence-electron chi connectivity index (χ4n) is 1.84. The number of benzene rings is 1. The maximum absolute atomic E-state index is 12.4. The van der Waals surface area contributed by atoms with Crippen molar-refractivity contribution in [2.24, 2.45) is 0 Å². The van der Waals surface area contributed by atoms with Gasteiger partial charge in [0.05, 0.1) is 9.82 Å². The molecule has 1 aromatic rings. The molecule has 0 amide bonds. The second-order valence-corrected chi connectivity index (χ2v) is 6.69. The van der Waals surface area contributed by atoms with Gasteiger partial charge in [0.25, 0.3) is 5.69 Å². The highest BCUT2D eigenvalue weighted by Gasteiger charge is 2.24. The normalized spacial score (nSPS) is 11.6. The van der Waals surface area contributed by atoms with Crippen LogP contribution in [0.3, 0.4) is 0 Å². The molecule has 1 N–H and O–H groups in total. The highest BCUT2D eigenvalue weighted by atomic mass is 32.2. The van der Waals surface area contributed by atoms with Crippen molar-refractivity contribution >= 4 is 21.4 Å². The Labute approximate surface area is 125 Å². The maximum atomic E-state index is 12.4. The molecular weight excluding hydrogens is 294 g/mol. The minimum Gasteiger partial charge on any atom is -0.380 e. The average Bonchev–Trinajstić information content (AvgIpc) is 2.44. The number of nitrogens with zero attached hydrogens (tertiary/aromatic N) is 2. The van der Waals surface area contributed by atoms with E-state index in [1.807, 2.05) is 13.8 Å². The first kappa shape index (κ1) is 17.4. The number of anilines is 1. The van der Waals surface area contributed by atoms with Crippen molar-refractivity contribution in [2.75, 3.05) is 25.5 Å². The van der Waals surface area contributed by atoms with Crippen molar-refractivity contribution in [1.29, 1.82) is 0 Å². The second-order valence-electron chi connectivity index (χ2n) is 4.65. The fourth-order valence-corrected chi connectivity index (χ4v) is 3.07. The lowest BCUT2D eigenvalue weighted by atomic mass is 10.2. The molecule has 21 heavy (non-hydrogen) atoms. The van der Waals surface area contributed by atoms with Crippen molar-refractivity contribution in [3.05, 3.63) is 28.3 Å². The Hall–Kier alpha value is -1.67. The van der Waals surface area contributed by atoms with Gasteiger partial charge in [-0.25, -0.2) is 12.7 Å². The molecule has 7 nitrogen and oxygen atoms in total. The molecule has 0 saturated heterocycles. The molecule has 0 fully saturated rings. The quantitative estimate of drug-likeness (QED) is 0.587. The number of sulfonamides is 1. The lowest BCUT2D eigenvalue weighted by Crippen LogP contribution is -2.28. The molecular formula is C13H21N3O4S. The average molecular weight is 315 g/mol. The first-order valence-electron chi connectivity index (χ1n) is 6.83. The summed E-state index contributed by atoms with van der Waals surface area (Å²) in [5, 5.41) is 13.9. The molecule has 0 aromatic heterocycles. The summed E-state index contributed by atoms with van der Waals surface area (Å²) >= 11 is 0. The summed E-state index contributed by atoms with van der Waals surface area (Å²) < 4.78 is 26.0. The molecule has 0 saturated carbocycles. The van der Waals surface area contributed by atoms with Crippen LogP contribution in [0.1, 0.15) is 26.7 Å². The van der Waals surface area contributed by atoms with Gasteiger partial charge in [-0.15, -0.1) is 0 Å². The van der Waals surface area contributed by atoms with Crippen LogP contribution in [0.15, 0.2) is 23.1 Å². The van der Waals surface area contributed by atoms with Gasteiger partial charge in [-0.2, -0.15) is 0 Å². The lowest BCUT2D eigenvalue weighted by molar-refractivity contribution is -0.384. The number of rotatable bonds is 8. The standard InChI is InChI=1S/C13H21N3O4S/c1-4-6-9-15(3)21(19,20)11-7-8-12(14-5-2)13(10-11)16(17)18/h7-8,10,14H,4-6,9H2,1-3H3. The molecule has 1 rings (SSSR count). The predicted molar refractivity (Wildman–Crippen MR) is 82.0 cm³/mol. The van der Waals surface area contributed by atoms with Crippen molar-refractivity contribution in [1.82, 2.24) is 4.31 Å². The van der Waals surface area contributed by atoms with Crippen LogP contribution in [0.25, 0.3) is 0 Å². The molecule has 0 atom stereocenters. The van der Waals surface area contributed by atoms with Gasteiger partial charge in [-0.1, -0.05) is 13.3 Å². The number of hydrogen-bond acceptors (Lipinski definition) is 5. The van der Waals surface area contributed by atoms with E-state index in [0.29, 0.717) is 18.8 Å². The number of nitrogens with one attached hydrogen (secondary N) is 1. The van der Waals surface area contributed by atoms with Gasteiger partial charge in [0.2, 0.25) is 10.0 Å². The fraction of sp³-hybridized carbons (Fsp3) is 0.538. The Morgan fingerprint density at radius 2 is 2.00 bits per heavy atom. The van der Waals surface area contributed by atoms with Crippen LogP contribution >= 0.6 is 0 Å². The van der Waals surface area contributed by atoms with Gasteiger partial charge in [-0.05, 0) is 25.5 Å². The zero-order valence-corrected chi connectivity index (χ0v) is 13.3. The van der Waals surface area contributed by atoms with Gasteiger partial charge in [0, 0.05) is 26.2 Å². The van der Waals surface area contributed by atoms with Crippen molar-refractivity contribution in [3.8, 4) is 0 Å². The van der Waals surface area contributed by atoms with Gasteiger partial charge in [0.15, 0.2) is 0 Å². The van der Waals surface area contributed by atoms with E-state index in [2.05, 4.69) is 5.32 Å². The van der Waals surface area contributed by atoms with E-state index in [9.17, 15) is 18.5 Å². The summed E-state index contributed by atoms with van der Waals surface area (Å²) in [7, 11) is -2.22. The van der Waals surface area contributed by atoms with Crippen LogP contribution in [0, 0.1) is 10.1 Å². The van der Waals surface area contributed by atoms with Crippen LogP contribution in [0.4, 0.5) is 11.4 Å². The van der Waals surface area contributed by atoms with Crippen molar-refractivity contribution in [2.45, 2.75) is 31.6 Å². The predicted octanol–water partition coefficient (Wildman–Crippen LogP) is 2.45. The summed E-state index contributed by atoms with van der Waals surface area (Å²) in [6, 6.07) is 3.93. The van der Waals surface area contributed by atoms with Gasteiger partial charge in [-0.3, -0.25) is 10.1 Å². The van der Waals surface area contributed by atoms with E-state index in [4.69, 9.17) is 0 Å². The molecule has 0 unspecified atom stereocenters. The van der Waals surface area contributed by atoms with E-state index in [1.165, 1.54) is 23.5 Å². The summed E-state index contributed by atoms with van der Waals surface area (Å²) in [4.78, 5) is 10.4. The molecule has 8 heteroatoms. The largest absolute Gasteiger partial charge is 0.380 e. The van der Waals surface area contributed by atoms with E-state index in [1.54, 1.807) is 0 Å². The zero-order chi connectivity index (χ0) is 16.0. The third-order valence-corrected chi connectivity index (χ3v) is 4.92. The van der Waals surface area contributed by atoms with Crippen molar-refractivity contribution < 1.29 is 13.3 Å². The monoisotopic (exact) mass is 315 g/mol. The topological polar surface area (TPSA) is 92.6 Å². The first-order valence-corrected chi connectivity index (χ1v) is 8.27. The van der Waals surface area contributed by atoms with Gasteiger partial charge >= 0.3 is 0 Å². The number of nitro groups is 1. The zero-order valence-electron chi connectivity index (χ0n) is 12.5. The van der Waals surface area contributed by atoms with E-state index < -0.39 is 14.9 Å². The molecule has 0 aliphatic heterocycles. The van der Waals surface area contributed by atoms with E-state index >= 15 is 0 Å². The molecule has 0 aliphatic carbocycles. The molecule has 0 aliphatic rings. The third-order valence-electron chi connectivity index (χ3n) is 3.07. The van der Waals surface area contributed by atoms with Crippen LogP contribution in [-0.2, 0) is 10.0 Å². The molecule has 0 spiro atoms. The first-order chi connectivity index (χ1) is 9.84. The van der Waals surface area contributed by atoms with Gasteiger partial charge < -0.3 is 5.32 Å². The van der Waals surface area contributed by atoms with Crippen LogP contribution < -0.4 is 5.32 Å². The molecule has 118 valence electrons. The molecule has 0 bridgehead atoms. The lowest BCUT2D eigenvalue weighted by Gasteiger charge is -2.17. The van der Waals surface area contributed by atoms with E-state index in [-0.39, 0.29) is 10.6 Å². The van der Waals surface area contributed by atoms with Gasteiger partial charge in [0.1, 0.15) is 5.69 Å². The summed E-state index contributed by atoms with van der Waals surface area (Å²) in [6.07, 6.45) is 1.62. The van der Waals surface area contributed by atoms with Crippen LogP contribution in [-0.4, -0.2) is 37.8 Å². The van der Waals surface area contributed by atoms with Crippen LogP contribution in [0.5, 0.6) is 0 Å². The Balaban J connectivity index is 3.19. The summed E-state index contributed by atoms with van der Waals surface area (Å²) in [5.74, 6) is 0. The Morgan fingerprint density at radius 3 is 2.52 bits per heavy atom. The minimum atomic E-state index is -3.70. The second kappa shape index (κ2) is 7.37. The Morgan fingerprint density at radius 1 is 1.33 bits per heavy atom. The minimum absolute atomic E-state index is 0.0607. The third kappa shape index (κ3) is 4.15. The highest BCUT2D eigenvalue weighted by molar-refractivity contribution is 7.89. The van der Waals surface area contributed by atoms with Crippen molar-refractivity contribution in [3.63, 3.8) is 0 Å². The summed E-state index contributed by atoms with van der Waals surface area (Å²) in [6.45, 7) is 4.69. The highest BCUT2D eigenvalue weighted by Crippen LogP contribution is 2.28. The SMILES string of the molecule is CCCCN(C)S(=O)(=O)c1ccc(NCC)c([N+](=O)[O-])c1. The Kier molecular flexibility index (Phi) is 6.10. The number of nitro benzene ring substituents is 1. The smallest absolute Gasteiger partial charge is 0.293 e. The molecule has 1 aromatic carbocycles. The molecule has 0 radical (unpaired) electrons. The van der Waals surface area contributed by atoms with E-state index in [0.717, 1.165) is 18.9 Å². The summed E-state index contributed by atoms with van der Waals surface area (Å²) in [5.41, 5.74) is 0.0828. The number of unbranched alkanes of at least 4 members (excludes halogenated alkanes) is 1. The number of hydrogen-bond donors (Lipinski definition) is 1. The van der Waals surface area contributed by atoms with Crippen LogP contribution in [0.2, 0.25) is 0 Å².